The maximum absolute atomic E-state index is 13.0. The molecule has 35 heavy (non-hydrogen) atoms. The molecule has 7 nitrogen and oxygen atoms in total. The number of imide groups is 1. The third kappa shape index (κ3) is 4.70. The minimum atomic E-state index is -0.617. The van der Waals surface area contributed by atoms with E-state index in [2.05, 4.69) is 27.3 Å². The number of nitrogens with zero attached hydrogens (tertiary/aromatic N) is 2. The van der Waals surface area contributed by atoms with Gasteiger partial charge in [0.2, 0.25) is 5.91 Å². The van der Waals surface area contributed by atoms with Crippen molar-refractivity contribution >= 4 is 40.5 Å². The van der Waals surface area contributed by atoms with E-state index in [1.54, 1.807) is 12.1 Å². The van der Waals surface area contributed by atoms with Gasteiger partial charge in [0.25, 0.3) is 5.91 Å². The SMILES string of the molecule is Cc1cccc(NC(=O)CN2C(=O)N/C(=C/c3cn(Cc4ccccc4)c4ccccc34)C2=O)c1. The zero-order chi connectivity index (χ0) is 24.4. The molecule has 0 spiro atoms. The summed E-state index contributed by atoms with van der Waals surface area (Å²) < 4.78 is 2.12. The lowest BCUT2D eigenvalue weighted by Crippen LogP contribution is -2.38. The second-order valence-corrected chi connectivity index (χ2v) is 8.51. The molecule has 1 fully saturated rings. The Morgan fingerprint density at radius 3 is 2.54 bits per heavy atom. The van der Waals surface area contributed by atoms with E-state index < -0.39 is 17.8 Å². The Bertz CT molecular complexity index is 1470. The number of benzene rings is 3. The fraction of sp³-hybridized carbons (Fsp3) is 0.107. The van der Waals surface area contributed by atoms with Crippen LogP contribution in [0.15, 0.2) is 90.8 Å². The molecule has 0 aliphatic carbocycles. The van der Waals surface area contributed by atoms with Crippen LogP contribution in [0.5, 0.6) is 0 Å². The number of amides is 4. The number of rotatable bonds is 6. The minimum absolute atomic E-state index is 0.140. The van der Waals surface area contributed by atoms with Gasteiger partial charge < -0.3 is 15.2 Å². The number of nitrogens with one attached hydrogen (secondary N) is 2. The van der Waals surface area contributed by atoms with Gasteiger partial charge in [-0.05, 0) is 42.3 Å². The molecule has 0 unspecified atom stereocenters. The zero-order valence-corrected chi connectivity index (χ0v) is 19.2. The first-order chi connectivity index (χ1) is 17.0. The molecule has 2 N–H and O–H groups in total. The third-order valence-electron chi connectivity index (χ3n) is 5.88. The number of hydrogen-bond acceptors (Lipinski definition) is 3. The van der Waals surface area contributed by atoms with E-state index >= 15 is 0 Å². The molecule has 0 saturated carbocycles. The number of hydrogen-bond donors (Lipinski definition) is 2. The molecule has 3 aromatic carbocycles. The van der Waals surface area contributed by atoms with Gasteiger partial charge >= 0.3 is 6.03 Å². The largest absolute Gasteiger partial charge is 0.342 e. The Hall–Kier alpha value is -4.65. The van der Waals surface area contributed by atoms with E-state index in [0.29, 0.717) is 12.2 Å². The number of carbonyl (C=O) groups excluding carboxylic acids is 3. The van der Waals surface area contributed by atoms with Crippen molar-refractivity contribution in [3.63, 3.8) is 0 Å². The second-order valence-electron chi connectivity index (χ2n) is 8.51. The summed E-state index contributed by atoms with van der Waals surface area (Å²) in [6.07, 6.45) is 3.64. The van der Waals surface area contributed by atoms with Gasteiger partial charge in [0.1, 0.15) is 12.2 Å². The summed E-state index contributed by atoms with van der Waals surface area (Å²) in [6.45, 7) is 2.23. The maximum Gasteiger partial charge on any atom is 0.329 e. The number of carbonyl (C=O) groups is 3. The molecule has 174 valence electrons. The smallest absolute Gasteiger partial charge is 0.329 e. The summed E-state index contributed by atoms with van der Waals surface area (Å²) in [6, 6.07) is 24.7. The summed E-state index contributed by atoms with van der Waals surface area (Å²) >= 11 is 0. The summed E-state index contributed by atoms with van der Waals surface area (Å²) in [5.74, 6) is -0.978. The number of urea groups is 1. The van der Waals surface area contributed by atoms with Crippen LogP contribution in [0, 0.1) is 6.92 Å². The highest BCUT2D eigenvalue weighted by atomic mass is 16.2. The predicted molar refractivity (Wildman–Crippen MR) is 136 cm³/mol. The van der Waals surface area contributed by atoms with Gasteiger partial charge in [-0.1, -0.05) is 60.7 Å². The summed E-state index contributed by atoms with van der Waals surface area (Å²) in [5, 5.41) is 6.31. The normalized spacial score (nSPS) is 14.5. The van der Waals surface area contributed by atoms with Crippen LogP contribution < -0.4 is 10.6 Å². The summed E-state index contributed by atoms with van der Waals surface area (Å²) in [5.41, 5.74) is 4.74. The van der Waals surface area contributed by atoms with Crippen LogP contribution in [-0.2, 0) is 16.1 Å². The van der Waals surface area contributed by atoms with Crippen molar-refractivity contribution in [1.82, 2.24) is 14.8 Å². The highest BCUT2D eigenvalue weighted by Crippen LogP contribution is 2.25. The number of para-hydroxylation sites is 1. The lowest BCUT2D eigenvalue weighted by molar-refractivity contribution is -0.127. The highest BCUT2D eigenvalue weighted by molar-refractivity contribution is 6.16. The summed E-state index contributed by atoms with van der Waals surface area (Å²) in [7, 11) is 0. The van der Waals surface area contributed by atoms with Crippen LogP contribution in [-0.4, -0.2) is 33.9 Å². The van der Waals surface area contributed by atoms with E-state index in [9.17, 15) is 14.4 Å². The molecule has 4 aromatic rings. The van der Waals surface area contributed by atoms with Crippen LogP contribution in [0.3, 0.4) is 0 Å². The van der Waals surface area contributed by atoms with E-state index in [-0.39, 0.29) is 12.2 Å². The molecular formula is C28H24N4O3. The van der Waals surface area contributed by atoms with Gasteiger partial charge in [-0.2, -0.15) is 0 Å². The molecule has 5 rings (SSSR count). The average Bonchev–Trinajstić information content (AvgIpc) is 3.32. The Labute approximate surface area is 202 Å². The second kappa shape index (κ2) is 9.30. The van der Waals surface area contributed by atoms with Crippen LogP contribution in [0.2, 0.25) is 0 Å². The van der Waals surface area contributed by atoms with Crippen LogP contribution in [0.25, 0.3) is 17.0 Å². The number of aromatic nitrogens is 1. The van der Waals surface area contributed by atoms with Crippen molar-refractivity contribution in [3.05, 3.63) is 107 Å². The van der Waals surface area contributed by atoms with Crippen molar-refractivity contribution in [2.24, 2.45) is 0 Å². The first kappa shape index (κ1) is 22.2. The molecule has 1 aliphatic heterocycles. The summed E-state index contributed by atoms with van der Waals surface area (Å²) in [4.78, 5) is 38.9. The molecule has 0 bridgehead atoms. The number of aryl methyl sites for hydroxylation is 1. The molecule has 4 amide bonds. The van der Waals surface area contributed by atoms with E-state index in [1.165, 1.54) is 0 Å². The first-order valence-corrected chi connectivity index (χ1v) is 11.3. The lowest BCUT2D eigenvalue weighted by Gasteiger charge is -2.12. The van der Waals surface area contributed by atoms with Gasteiger partial charge in [0.15, 0.2) is 0 Å². The molecule has 1 aromatic heterocycles. The minimum Gasteiger partial charge on any atom is -0.342 e. The van der Waals surface area contributed by atoms with Crippen molar-refractivity contribution in [1.29, 1.82) is 0 Å². The van der Waals surface area contributed by atoms with Crippen LogP contribution in [0.4, 0.5) is 10.5 Å². The quantitative estimate of drug-likeness (QED) is 0.325. The van der Waals surface area contributed by atoms with Crippen molar-refractivity contribution in [2.45, 2.75) is 13.5 Å². The molecule has 0 atom stereocenters. The fourth-order valence-electron chi connectivity index (χ4n) is 4.24. The number of fused-ring (bicyclic) bond motifs is 1. The number of anilines is 1. The molecule has 7 heteroatoms. The standard InChI is InChI=1S/C28H24N4O3/c1-19-8-7-11-22(14-19)29-26(33)18-32-27(34)24(30-28(32)35)15-21-17-31(16-20-9-3-2-4-10-20)25-13-6-5-12-23(21)25/h2-15,17H,16,18H2,1H3,(H,29,33)(H,30,35)/b24-15+. The molecule has 2 heterocycles. The lowest BCUT2D eigenvalue weighted by atomic mass is 10.1. The highest BCUT2D eigenvalue weighted by Gasteiger charge is 2.35. The van der Waals surface area contributed by atoms with Crippen LogP contribution >= 0.6 is 0 Å². The average molecular weight is 465 g/mol. The van der Waals surface area contributed by atoms with Crippen molar-refractivity contribution < 1.29 is 14.4 Å². The predicted octanol–water partition coefficient (Wildman–Crippen LogP) is 4.53. The fourth-order valence-corrected chi connectivity index (χ4v) is 4.24. The molecule has 1 aliphatic rings. The van der Waals surface area contributed by atoms with Crippen molar-refractivity contribution in [3.8, 4) is 0 Å². The molecular weight excluding hydrogens is 440 g/mol. The van der Waals surface area contributed by atoms with Crippen LogP contribution in [0.1, 0.15) is 16.7 Å². The molecule has 1 saturated heterocycles. The first-order valence-electron chi connectivity index (χ1n) is 11.3. The Morgan fingerprint density at radius 1 is 0.971 bits per heavy atom. The van der Waals surface area contributed by atoms with Gasteiger partial charge in [0.05, 0.1) is 0 Å². The van der Waals surface area contributed by atoms with Gasteiger partial charge in [0, 0.05) is 34.9 Å². The topological polar surface area (TPSA) is 83.4 Å². The van der Waals surface area contributed by atoms with Gasteiger partial charge in [-0.15, -0.1) is 0 Å². The van der Waals surface area contributed by atoms with Gasteiger partial charge in [-0.25, -0.2) is 9.69 Å². The van der Waals surface area contributed by atoms with E-state index in [4.69, 9.17) is 0 Å². The van der Waals surface area contributed by atoms with E-state index in [0.717, 1.165) is 32.5 Å². The van der Waals surface area contributed by atoms with Crippen molar-refractivity contribution in [2.75, 3.05) is 11.9 Å². The monoisotopic (exact) mass is 464 g/mol. The third-order valence-corrected chi connectivity index (χ3v) is 5.88. The maximum atomic E-state index is 13.0. The Balaban J connectivity index is 1.37. The Kier molecular flexibility index (Phi) is 5.89. The Morgan fingerprint density at radius 2 is 1.74 bits per heavy atom. The van der Waals surface area contributed by atoms with E-state index in [1.807, 2.05) is 73.8 Å². The van der Waals surface area contributed by atoms with Gasteiger partial charge in [-0.3, -0.25) is 9.59 Å². The molecule has 0 radical (unpaired) electrons. The zero-order valence-electron chi connectivity index (χ0n) is 19.2.